The molecule has 0 fully saturated rings. The molecule has 4 N–H and O–H groups in total. The molecule has 0 spiro atoms. The topological polar surface area (TPSA) is 115 Å². The molecule has 0 aliphatic rings. The molecule has 8 heteroatoms. The van der Waals surface area contributed by atoms with Gasteiger partial charge in [-0.25, -0.2) is 9.36 Å². The molecule has 3 aromatic carbocycles. The van der Waals surface area contributed by atoms with Gasteiger partial charge in [-0.3, -0.25) is 0 Å². The van der Waals surface area contributed by atoms with E-state index in [0.717, 1.165) is 0 Å². The van der Waals surface area contributed by atoms with E-state index in [1.165, 1.54) is 22.8 Å². The Kier molecular flexibility index (Phi) is 10.9. The minimum absolute atomic E-state index is 0.176. The van der Waals surface area contributed by atoms with Crippen molar-refractivity contribution in [2.45, 2.75) is 6.92 Å². The van der Waals surface area contributed by atoms with Crippen LogP contribution < -0.4 is 15.9 Å². The van der Waals surface area contributed by atoms with E-state index in [4.69, 9.17) is 24.4 Å². The molecule has 0 atom stereocenters. The van der Waals surface area contributed by atoms with Gasteiger partial charge in [-0.05, 0) is 30.8 Å². The van der Waals surface area contributed by atoms with Gasteiger partial charge in [0.1, 0.15) is 0 Å². The molecule has 0 aromatic heterocycles. The lowest BCUT2D eigenvalue weighted by atomic mass is 10.4. The van der Waals surface area contributed by atoms with E-state index >= 15 is 0 Å². The Hall–Kier alpha value is -2.59. The van der Waals surface area contributed by atoms with Crippen molar-refractivity contribution in [3.05, 3.63) is 103 Å². The second-order valence-electron chi connectivity index (χ2n) is 5.94. The first kappa shape index (κ1) is 25.4. The van der Waals surface area contributed by atoms with Gasteiger partial charge in [0.05, 0.1) is 0 Å². The smallest absolute Gasteiger partial charge is 0.466 e. The summed E-state index contributed by atoms with van der Waals surface area (Å²) in [6.45, 7) is 4.60. The van der Waals surface area contributed by atoms with E-state index < -0.39 is 21.7 Å². The number of carboxylic acid groups (broad SMARTS) is 1. The van der Waals surface area contributed by atoms with Gasteiger partial charge >= 0.3 is 13.8 Å². The maximum absolute atomic E-state index is 9.60. The number of phosphoric acid groups is 1. The van der Waals surface area contributed by atoms with E-state index in [1.54, 1.807) is 0 Å². The van der Waals surface area contributed by atoms with Crippen LogP contribution in [0.3, 0.4) is 0 Å². The van der Waals surface area contributed by atoms with Crippen LogP contribution in [-0.4, -0.2) is 25.8 Å². The predicted octanol–water partition coefficient (Wildman–Crippen LogP) is 3.16. The third-order valence-electron chi connectivity index (χ3n) is 3.41. The highest BCUT2D eigenvalue weighted by atomic mass is 31.2. The average molecular weight is 446 g/mol. The highest BCUT2D eigenvalue weighted by molar-refractivity contribution is 7.79. The number of aliphatic carboxylic acids is 1. The van der Waals surface area contributed by atoms with Crippen LogP contribution in [0, 0.1) is 0 Å². The molecular formula is C22H24O6P2. The molecule has 0 aliphatic heterocycles. The molecule has 0 aliphatic carbocycles. The van der Waals surface area contributed by atoms with Crippen LogP contribution in [0.15, 0.2) is 103 Å². The van der Waals surface area contributed by atoms with Crippen molar-refractivity contribution in [3.8, 4) is 0 Å². The normalized spacial score (nSPS) is 10.2. The molecule has 0 amide bonds. The summed E-state index contributed by atoms with van der Waals surface area (Å²) >= 11 is 0. The molecule has 3 rings (SSSR count). The third-order valence-corrected chi connectivity index (χ3v) is 5.85. The van der Waals surface area contributed by atoms with Gasteiger partial charge in [0.2, 0.25) is 0 Å². The van der Waals surface area contributed by atoms with Crippen molar-refractivity contribution in [1.29, 1.82) is 0 Å². The van der Waals surface area contributed by atoms with Crippen LogP contribution >= 0.6 is 15.7 Å². The van der Waals surface area contributed by atoms with Crippen molar-refractivity contribution < 1.29 is 29.1 Å². The molecule has 0 saturated carbocycles. The Bertz CT molecular complexity index is 843. The van der Waals surface area contributed by atoms with E-state index in [9.17, 15) is 4.79 Å². The second kappa shape index (κ2) is 12.9. The maximum Gasteiger partial charge on any atom is 0.466 e. The third kappa shape index (κ3) is 10.8. The zero-order chi connectivity index (χ0) is 22.6. The van der Waals surface area contributed by atoms with Crippen LogP contribution in [0.5, 0.6) is 0 Å². The summed E-state index contributed by atoms with van der Waals surface area (Å²) in [5.74, 6) is -0.935. The van der Waals surface area contributed by atoms with Gasteiger partial charge in [-0.2, -0.15) is 0 Å². The van der Waals surface area contributed by atoms with E-state index in [0.29, 0.717) is 0 Å². The van der Waals surface area contributed by atoms with Gasteiger partial charge in [-0.1, -0.05) is 97.6 Å². The summed E-state index contributed by atoms with van der Waals surface area (Å²) in [5.41, 5.74) is 0.176. The molecule has 30 heavy (non-hydrogen) atoms. The van der Waals surface area contributed by atoms with Gasteiger partial charge in [0.15, 0.2) is 0 Å². The largest absolute Gasteiger partial charge is 0.478 e. The Morgan fingerprint density at radius 2 is 0.933 bits per heavy atom. The summed E-state index contributed by atoms with van der Waals surface area (Å²) < 4.78 is 8.88. The first-order valence-corrected chi connectivity index (χ1v) is 11.6. The first-order chi connectivity index (χ1) is 14.1. The van der Waals surface area contributed by atoms with Crippen molar-refractivity contribution in [2.24, 2.45) is 0 Å². The molecule has 0 heterocycles. The number of hydrogen-bond donors (Lipinski definition) is 4. The summed E-state index contributed by atoms with van der Waals surface area (Å²) in [7, 11) is -5.08. The summed E-state index contributed by atoms with van der Waals surface area (Å²) in [4.78, 5) is 31.2. The summed E-state index contributed by atoms with van der Waals surface area (Å²) in [6, 6.07) is 32.3. The fourth-order valence-corrected chi connectivity index (χ4v) is 4.48. The molecule has 6 nitrogen and oxygen atoms in total. The Balaban J connectivity index is 0.000000342. The number of carbonyl (C=O) groups is 1. The van der Waals surface area contributed by atoms with Gasteiger partial charge in [0.25, 0.3) is 0 Å². The summed E-state index contributed by atoms with van der Waals surface area (Å²) in [5, 5.41) is 12.1. The molecule has 158 valence electrons. The zero-order valence-corrected chi connectivity index (χ0v) is 18.2. The Morgan fingerprint density at radius 1 is 0.733 bits per heavy atom. The van der Waals surface area contributed by atoms with Crippen LogP contribution in [0.1, 0.15) is 6.92 Å². The van der Waals surface area contributed by atoms with E-state index in [1.807, 2.05) is 0 Å². The summed E-state index contributed by atoms with van der Waals surface area (Å²) in [6.07, 6.45) is 0. The lowest BCUT2D eigenvalue weighted by molar-refractivity contribution is -0.132. The SMILES string of the molecule is C=C(C)C(=O)O.O=P(O)(O)O.c1ccc(P(c2ccccc2)c2ccccc2)cc1. The monoisotopic (exact) mass is 446 g/mol. The minimum atomic E-state index is -4.64. The Morgan fingerprint density at radius 3 is 1.10 bits per heavy atom. The van der Waals surface area contributed by atoms with Crippen molar-refractivity contribution >= 4 is 37.6 Å². The molecule has 0 bridgehead atoms. The molecule has 0 saturated heterocycles. The average Bonchev–Trinajstić information content (AvgIpc) is 2.70. The van der Waals surface area contributed by atoms with Crippen molar-refractivity contribution in [2.75, 3.05) is 0 Å². The zero-order valence-electron chi connectivity index (χ0n) is 16.4. The standard InChI is InChI=1S/C18H15P.C4H6O2.H3O4P/c1-4-10-16(11-5-1)19(17-12-6-2-7-13-17)18-14-8-3-9-15-18;1-3(2)4(5)6;1-5(2,3)4/h1-15H;1H2,2H3,(H,5,6);(H3,1,2,3,4). The minimum Gasteiger partial charge on any atom is -0.478 e. The van der Waals surface area contributed by atoms with Crippen LogP contribution in [0.2, 0.25) is 0 Å². The fourth-order valence-electron chi connectivity index (χ4n) is 2.18. The fraction of sp³-hybridized carbons (Fsp3) is 0.0455. The lowest BCUT2D eigenvalue weighted by Crippen LogP contribution is -2.20. The van der Waals surface area contributed by atoms with Crippen molar-refractivity contribution in [3.63, 3.8) is 0 Å². The molecule has 0 unspecified atom stereocenters. The second-order valence-corrected chi connectivity index (χ2v) is 9.19. The number of rotatable bonds is 4. The quantitative estimate of drug-likeness (QED) is 0.362. The van der Waals surface area contributed by atoms with Crippen LogP contribution in [-0.2, 0) is 9.36 Å². The lowest BCUT2D eigenvalue weighted by Gasteiger charge is -2.18. The van der Waals surface area contributed by atoms with Gasteiger partial charge in [0, 0.05) is 5.57 Å². The van der Waals surface area contributed by atoms with Gasteiger partial charge < -0.3 is 19.8 Å². The highest BCUT2D eigenvalue weighted by Crippen LogP contribution is 2.32. The Labute approximate surface area is 177 Å². The number of hydrogen-bond acceptors (Lipinski definition) is 2. The van der Waals surface area contributed by atoms with Crippen molar-refractivity contribution in [1.82, 2.24) is 0 Å². The molecule has 0 radical (unpaired) electrons. The molecular weight excluding hydrogens is 422 g/mol. The van der Waals surface area contributed by atoms with Crippen LogP contribution in [0.4, 0.5) is 0 Å². The first-order valence-electron chi connectivity index (χ1n) is 8.72. The van der Waals surface area contributed by atoms with E-state index in [2.05, 4.69) is 97.6 Å². The predicted molar refractivity (Wildman–Crippen MR) is 122 cm³/mol. The number of benzene rings is 3. The molecule has 3 aromatic rings. The maximum atomic E-state index is 9.60. The number of carboxylic acids is 1. The van der Waals surface area contributed by atoms with E-state index in [-0.39, 0.29) is 5.57 Å². The highest BCUT2D eigenvalue weighted by Gasteiger charge is 2.14. The van der Waals surface area contributed by atoms with Crippen LogP contribution in [0.25, 0.3) is 0 Å². The van der Waals surface area contributed by atoms with Gasteiger partial charge in [-0.15, -0.1) is 0 Å².